The van der Waals surface area contributed by atoms with E-state index in [9.17, 15) is 9.59 Å². The first-order valence-electron chi connectivity index (χ1n) is 7.02. The molecule has 0 aromatic carbocycles. The van der Waals surface area contributed by atoms with Crippen molar-refractivity contribution in [3.63, 3.8) is 0 Å². The van der Waals surface area contributed by atoms with Crippen LogP contribution < -0.4 is 0 Å². The molecule has 1 unspecified atom stereocenters. The third-order valence-electron chi connectivity index (χ3n) is 3.23. The van der Waals surface area contributed by atoms with Crippen molar-refractivity contribution in [2.75, 3.05) is 26.4 Å². The molecule has 1 rings (SSSR count). The van der Waals surface area contributed by atoms with Gasteiger partial charge in [0.2, 0.25) is 6.29 Å². The van der Waals surface area contributed by atoms with E-state index >= 15 is 0 Å². The van der Waals surface area contributed by atoms with Gasteiger partial charge in [0.1, 0.15) is 13.2 Å². The van der Waals surface area contributed by atoms with E-state index in [1.165, 1.54) is 0 Å². The number of esters is 2. The molecule has 1 aliphatic heterocycles. The van der Waals surface area contributed by atoms with E-state index in [4.69, 9.17) is 18.9 Å². The standard InChI is InChI=1S/C14H24O6/c1-4-14(2,3)13(16)19-9-6-11(15)20-12-10-17-7-5-8-18-12/h12H,4-10H2,1-3H3. The monoisotopic (exact) mass is 288 g/mol. The molecule has 6 heteroatoms. The first kappa shape index (κ1) is 16.9. The first-order chi connectivity index (χ1) is 9.45. The molecule has 0 aromatic heterocycles. The van der Waals surface area contributed by atoms with E-state index in [-0.39, 0.29) is 25.6 Å². The fourth-order valence-corrected chi connectivity index (χ4v) is 1.44. The highest BCUT2D eigenvalue weighted by Gasteiger charge is 2.27. The second-order valence-electron chi connectivity index (χ2n) is 5.34. The molecule has 116 valence electrons. The minimum absolute atomic E-state index is 0.0192. The largest absolute Gasteiger partial charge is 0.465 e. The molecule has 1 aliphatic rings. The Balaban J connectivity index is 2.21. The van der Waals surface area contributed by atoms with Crippen molar-refractivity contribution >= 4 is 11.9 Å². The summed E-state index contributed by atoms with van der Waals surface area (Å²) in [6, 6.07) is 0. The molecule has 0 aliphatic carbocycles. The Morgan fingerprint density at radius 3 is 2.75 bits per heavy atom. The van der Waals surface area contributed by atoms with Gasteiger partial charge < -0.3 is 18.9 Å². The van der Waals surface area contributed by atoms with Crippen molar-refractivity contribution in [2.45, 2.75) is 46.3 Å². The van der Waals surface area contributed by atoms with Gasteiger partial charge in [-0.15, -0.1) is 0 Å². The van der Waals surface area contributed by atoms with Crippen LogP contribution in [0.3, 0.4) is 0 Å². The van der Waals surface area contributed by atoms with Crippen molar-refractivity contribution in [1.29, 1.82) is 0 Å². The predicted molar refractivity (Wildman–Crippen MR) is 70.9 cm³/mol. The minimum atomic E-state index is -0.659. The highest BCUT2D eigenvalue weighted by Crippen LogP contribution is 2.21. The second kappa shape index (κ2) is 8.21. The third-order valence-corrected chi connectivity index (χ3v) is 3.23. The Morgan fingerprint density at radius 1 is 1.30 bits per heavy atom. The van der Waals surface area contributed by atoms with Crippen LogP contribution in [0.15, 0.2) is 0 Å². The van der Waals surface area contributed by atoms with Crippen LogP contribution in [0.25, 0.3) is 0 Å². The van der Waals surface area contributed by atoms with Gasteiger partial charge in [0.25, 0.3) is 0 Å². The molecule has 0 radical (unpaired) electrons. The van der Waals surface area contributed by atoms with Crippen LogP contribution in [0.4, 0.5) is 0 Å². The quantitative estimate of drug-likeness (QED) is 0.692. The second-order valence-corrected chi connectivity index (χ2v) is 5.34. The number of carbonyl (C=O) groups is 2. The van der Waals surface area contributed by atoms with Crippen LogP contribution >= 0.6 is 0 Å². The lowest BCUT2D eigenvalue weighted by atomic mass is 9.91. The van der Waals surface area contributed by atoms with E-state index in [2.05, 4.69) is 0 Å². The average molecular weight is 288 g/mol. The highest BCUT2D eigenvalue weighted by molar-refractivity contribution is 5.76. The molecular weight excluding hydrogens is 264 g/mol. The number of carbonyl (C=O) groups excluding carboxylic acids is 2. The maximum atomic E-state index is 11.7. The van der Waals surface area contributed by atoms with Crippen molar-refractivity contribution in [3.8, 4) is 0 Å². The summed E-state index contributed by atoms with van der Waals surface area (Å²) in [6.07, 6.45) is 0.833. The lowest BCUT2D eigenvalue weighted by Gasteiger charge is -2.20. The molecule has 1 saturated heterocycles. The summed E-state index contributed by atoms with van der Waals surface area (Å²) in [7, 11) is 0. The van der Waals surface area contributed by atoms with E-state index in [1.807, 2.05) is 20.8 Å². The SMILES string of the molecule is CCC(C)(C)C(=O)OCCC(=O)OC1COCCCO1. The molecule has 0 bridgehead atoms. The number of ether oxygens (including phenoxy) is 4. The van der Waals surface area contributed by atoms with Crippen LogP contribution in [0.1, 0.15) is 40.0 Å². The van der Waals surface area contributed by atoms with E-state index in [0.717, 1.165) is 6.42 Å². The van der Waals surface area contributed by atoms with E-state index in [0.29, 0.717) is 19.6 Å². The molecular formula is C14H24O6. The van der Waals surface area contributed by atoms with E-state index in [1.54, 1.807) is 0 Å². The number of hydrogen-bond donors (Lipinski definition) is 0. The average Bonchev–Trinajstić information content (AvgIpc) is 2.67. The Morgan fingerprint density at radius 2 is 2.05 bits per heavy atom. The number of rotatable bonds is 6. The van der Waals surface area contributed by atoms with Crippen LogP contribution in [0.5, 0.6) is 0 Å². The summed E-state index contributed by atoms with van der Waals surface area (Å²) < 4.78 is 20.7. The van der Waals surface area contributed by atoms with Gasteiger partial charge in [-0.2, -0.15) is 0 Å². The lowest BCUT2D eigenvalue weighted by molar-refractivity contribution is -0.185. The Bertz CT molecular complexity index is 318. The van der Waals surface area contributed by atoms with Crippen LogP contribution in [0, 0.1) is 5.41 Å². The minimum Gasteiger partial charge on any atom is -0.465 e. The van der Waals surface area contributed by atoms with Crippen LogP contribution in [-0.2, 0) is 28.5 Å². The first-order valence-corrected chi connectivity index (χ1v) is 7.02. The zero-order valence-electron chi connectivity index (χ0n) is 12.5. The maximum Gasteiger partial charge on any atom is 0.311 e. The third kappa shape index (κ3) is 5.88. The summed E-state index contributed by atoms with van der Waals surface area (Å²) in [5.74, 6) is -0.760. The summed E-state index contributed by atoms with van der Waals surface area (Å²) in [5.41, 5.74) is -0.526. The smallest absolute Gasteiger partial charge is 0.311 e. The van der Waals surface area contributed by atoms with Crippen molar-refractivity contribution in [3.05, 3.63) is 0 Å². The molecule has 1 heterocycles. The Labute approximate surface area is 119 Å². The van der Waals surface area contributed by atoms with Gasteiger partial charge in [-0.05, 0) is 26.7 Å². The molecule has 20 heavy (non-hydrogen) atoms. The zero-order chi connectivity index (χ0) is 15.0. The van der Waals surface area contributed by atoms with Gasteiger partial charge in [0, 0.05) is 6.61 Å². The number of hydrogen-bond acceptors (Lipinski definition) is 6. The lowest BCUT2D eigenvalue weighted by Crippen LogP contribution is -2.28. The van der Waals surface area contributed by atoms with Gasteiger partial charge in [-0.3, -0.25) is 9.59 Å². The predicted octanol–water partition coefficient (Wildman–Crippen LogP) is 1.66. The summed E-state index contributed by atoms with van der Waals surface area (Å²) in [5, 5.41) is 0. The van der Waals surface area contributed by atoms with Gasteiger partial charge in [0.05, 0.1) is 18.4 Å². The molecule has 0 amide bonds. The topological polar surface area (TPSA) is 71.1 Å². The molecule has 0 N–H and O–H groups in total. The van der Waals surface area contributed by atoms with Crippen LogP contribution in [-0.4, -0.2) is 44.7 Å². The normalized spacial score (nSPS) is 20.1. The van der Waals surface area contributed by atoms with Gasteiger partial charge in [-0.1, -0.05) is 6.92 Å². The molecule has 1 atom stereocenters. The molecule has 0 aromatic rings. The molecule has 1 fully saturated rings. The summed E-state index contributed by atoms with van der Waals surface area (Å²) >= 11 is 0. The zero-order valence-corrected chi connectivity index (χ0v) is 12.5. The van der Waals surface area contributed by atoms with Crippen molar-refractivity contribution in [2.24, 2.45) is 5.41 Å². The maximum absolute atomic E-state index is 11.7. The van der Waals surface area contributed by atoms with E-state index < -0.39 is 17.7 Å². The van der Waals surface area contributed by atoms with Gasteiger partial charge in [0.15, 0.2) is 0 Å². The van der Waals surface area contributed by atoms with Crippen LogP contribution in [0.2, 0.25) is 0 Å². The van der Waals surface area contributed by atoms with Gasteiger partial charge in [-0.25, -0.2) is 0 Å². The van der Waals surface area contributed by atoms with Crippen molar-refractivity contribution in [1.82, 2.24) is 0 Å². The fraction of sp³-hybridized carbons (Fsp3) is 0.857. The molecule has 6 nitrogen and oxygen atoms in total. The summed E-state index contributed by atoms with van der Waals surface area (Å²) in [6.45, 7) is 6.92. The highest BCUT2D eigenvalue weighted by atomic mass is 16.7. The molecule has 0 saturated carbocycles. The molecule has 0 spiro atoms. The Hall–Kier alpha value is -1.14. The Kier molecular flexibility index (Phi) is 6.95. The van der Waals surface area contributed by atoms with Crippen molar-refractivity contribution < 1.29 is 28.5 Å². The fourth-order valence-electron chi connectivity index (χ4n) is 1.44. The summed E-state index contributed by atoms with van der Waals surface area (Å²) in [4.78, 5) is 23.3. The van der Waals surface area contributed by atoms with Gasteiger partial charge >= 0.3 is 11.9 Å².